The number of hydrogen-bond acceptors (Lipinski definition) is 3. The molecule has 0 atom stereocenters. The molecular formula is C23H28BrFN2O2S. The second kappa shape index (κ2) is 10.4. The van der Waals surface area contributed by atoms with Gasteiger partial charge >= 0.3 is 6.09 Å². The third-order valence-corrected chi connectivity index (χ3v) is 5.39. The maximum absolute atomic E-state index is 13.6. The standard InChI is InChI=1S/C21H22BrFN2O2S.C2H6/c1-21(2,3)27-20(26)24(4)12-14-13-25(19-10-15(22)8-9-18(14)19)28-17-7-5-6-16(23)11-17;1-2/h5-11,13H,12H2,1-4H3;1-2H3. The van der Waals surface area contributed by atoms with Gasteiger partial charge in [-0.25, -0.2) is 9.18 Å². The number of benzene rings is 2. The summed E-state index contributed by atoms with van der Waals surface area (Å²) in [4.78, 5) is 14.7. The molecule has 4 nitrogen and oxygen atoms in total. The number of ether oxygens (including phenoxy) is 1. The van der Waals surface area contributed by atoms with Crippen LogP contribution in [-0.2, 0) is 11.3 Å². The predicted molar refractivity (Wildman–Crippen MR) is 126 cm³/mol. The molecule has 1 aromatic heterocycles. The summed E-state index contributed by atoms with van der Waals surface area (Å²) in [6, 6.07) is 12.5. The van der Waals surface area contributed by atoms with E-state index in [2.05, 4.69) is 15.9 Å². The van der Waals surface area contributed by atoms with E-state index in [0.29, 0.717) is 6.54 Å². The molecule has 0 radical (unpaired) electrons. The van der Waals surface area contributed by atoms with Crippen LogP contribution in [0.25, 0.3) is 10.9 Å². The van der Waals surface area contributed by atoms with Crippen molar-refractivity contribution in [2.24, 2.45) is 0 Å². The van der Waals surface area contributed by atoms with Crippen molar-refractivity contribution in [3.05, 3.63) is 64.5 Å². The highest BCUT2D eigenvalue weighted by Crippen LogP contribution is 2.32. The van der Waals surface area contributed by atoms with Crippen LogP contribution in [0.5, 0.6) is 0 Å². The molecule has 0 unspecified atom stereocenters. The molecule has 0 bridgehead atoms. The van der Waals surface area contributed by atoms with Crippen LogP contribution >= 0.6 is 27.9 Å². The van der Waals surface area contributed by atoms with Crippen LogP contribution in [0, 0.1) is 5.82 Å². The van der Waals surface area contributed by atoms with Crippen LogP contribution in [0.3, 0.4) is 0 Å². The molecule has 0 fully saturated rings. The highest BCUT2D eigenvalue weighted by atomic mass is 79.9. The van der Waals surface area contributed by atoms with Gasteiger partial charge in [0.25, 0.3) is 0 Å². The third kappa shape index (κ3) is 6.51. The van der Waals surface area contributed by atoms with E-state index < -0.39 is 5.60 Å². The first-order chi connectivity index (χ1) is 14.1. The van der Waals surface area contributed by atoms with Crippen molar-refractivity contribution in [3.63, 3.8) is 0 Å². The highest BCUT2D eigenvalue weighted by Gasteiger charge is 2.21. The van der Waals surface area contributed by atoms with Gasteiger partial charge < -0.3 is 9.64 Å². The molecule has 1 heterocycles. The minimum Gasteiger partial charge on any atom is -0.444 e. The van der Waals surface area contributed by atoms with Gasteiger partial charge in [-0.05, 0) is 68.6 Å². The lowest BCUT2D eigenvalue weighted by Gasteiger charge is -2.24. The molecule has 162 valence electrons. The van der Waals surface area contributed by atoms with Crippen molar-refractivity contribution in [3.8, 4) is 0 Å². The van der Waals surface area contributed by atoms with Crippen LogP contribution in [0.15, 0.2) is 58.0 Å². The summed E-state index contributed by atoms with van der Waals surface area (Å²) >= 11 is 4.94. The first kappa shape index (κ1) is 24.3. The minimum atomic E-state index is -0.544. The Morgan fingerprint density at radius 1 is 1.20 bits per heavy atom. The topological polar surface area (TPSA) is 34.5 Å². The zero-order valence-electron chi connectivity index (χ0n) is 18.2. The van der Waals surface area contributed by atoms with Gasteiger partial charge in [-0.2, -0.15) is 0 Å². The fourth-order valence-corrected chi connectivity index (χ4v) is 4.05. The number of amides is 1. The van der Waals surface area contributed by atoms with Gasteiger partial charge in [0.2, 0.25) is 0 Å². The molecule has 0 aliphatic heterocycles. The summed E-state index contributed by atoms with van der Waals surface area (Å²) in [6.45, 7) is 9.94. The molecule has 0 spiro atoms. The SMILES string of the molecule is CC.CN(Cc1cn(Sc2cccc(F)c2)c2cc(Br)ccc12)C(=O)OC(C)(C)C. The Bertz CT molecular complexity index is 1010. The fourth-order valence-electron chi connectivity index (χ4n) is 2.74. The second-order valence-electron chi connectivity index (χ2n) is 7.53. The number of fused-ring (bicyclic) bond motifs is 1. The van der Waals surface area contributed by atoms with Crippen molar-refractivity contribution in [1.29, 1.82) is 0 Å². The molecule has 2 aromatic carbocycles. The summed E-state index contributed by atoms with van der Waals surface area (Å²) in [6.07, 6.45) is 1.61. The lowest BCUT2D eigenvalue weighted by atomic mass is 10.1. The smallest absolute Gasteiger partial charge is 0.410 e. The Labute approximate surface area is 190 Å². The first-order valence-electron chi connectivity index (χ1n) is 9.80. The Morgan fingerprint density at radius 3 is 2.53 bits per heavy atom. The molecule has 0 aliphatic rings. The number of carbonyl (C=O) groups excluding carboxylic acids is 1. The van der Waals surface area contributed by atoms with E-state index in [1.807, 2.05) is 69.1 Å². The van der Waals surface area contributed by atoms with Crippen LogP contribution < -0.4 is 0 Å². The second-order valence-corrected chi connectivity index (χ2v) is 9.49. The van der Waals surface area contributed by atoms with Crippen molar-refractivity contribution in [1.82, 2.24) is 8.87 Å². The largest absolute Gasteiger partial charge is 0.444 e. The maximum atomic E-state index is 13.6. The molecule has 7 heteroatoms. The molecule has 3 rings (SSSR count). The monoisotopic (exact) mass is 494 g/mol. The van der Waals surface area contributed by atoms with Crippen LogP contribution in [0.2, 0.25) is 0 Å². The third-order valence-electron chi connectivity index (χ3n) is 3.93. The zero-order valence-corrected chi connectivity index (χ0v) is 20.6. The van der Waals surface area contributed by atoms with E-state index >= 15 is 0 Å². The van der Waals surface area contributed by atoms with Crippen LogP contribution in [0.4, 0.5) is 9.18 Å². The van der Waals surface area contributed by atoms with Crippen molar-refractivity contribution >= 4 is 44.9 Å². The number of nitrogens with zero attached hydrogens (tertiary/aromatic N) is 2. The van der Waals surface area contributed by atoms with Crippen molar-refractivity contribution in [2.75, 3.05) is 7.05 Å². The summed E-state index contributed by atoms with van der Waals surface area (Å²) in [5, 5.41) is 1.03. The zero-order chi connectivity index (χ0) is 22.5. The van der Waals surface area contributed by atoms with E-state index in [0.717, 1.165) is 25.8 Å². The number of aromatic nitrogens is 1. The molecule has 1 amide bonds. The summed E-state index contributed by atoms with van der Waals surface area (Å²) in [5.74, 6) is -0.271. The number of carbonyl (C=O) groups is 1. The fraction of sp³-hybridized carbons (Fsp3) is 0.348. The molecule has 0 saturated heterocycles. The van der Waals surface area contributed by atoms with Gasteiger partial charge in [0.1, 0.15) is 11.4 Å². The van der Waals surface area contributed by atoms with Gasteiger partial charge in [0, 0.05) is 28.0 Å². The number of halogens is 2. The van der Waals surface area contributed by atoms with Crippen molar-refractivity contribution < 1.29 is 13.9 Å². The molecule has 30 heavy (non-hydrogen) atoms. The molecular weight excluding hydrogens is 467 g/mol. The first-order valence-corrected chi connectivity index (χ1v) is 11.4. The summed E-state index contributed by atoms with van der Waals surface area (Å²) in [5.41, 5.74) is 1.42. The molecule has 0 saturated carbocycles. The Hall–Kier alpha value is -1.99. The minimum absolute atomic E-state index is 0.271. The Kier molecular flexibility index (Phi) is 8.38. The number of rotatable bonds is 4. The van der Waals surface area contributed by atoms with Gasteiger partial charge in [0.15, 0.2) is 0 Å². The van der Waals surface area contributed by atoms with E-state index in [1.54, 1.807) is 18.0 Å². The van der Waals surface area contributed by atoms with Gasteiger partial charge in [-0.15, -0.1) is 0 Å². The van der Waals surface area contributed by atoms with Crippen LogP contribution in [-0.4, -0.2) is 27.6 Å². The summed E-state index contributed by atoms with van der Waals surface area (Å²) in [7, 11) is 1.72. The van der Waals surface area contributed by atoms with Gasteiger partial charge in [-0.1, -0.05) is 41.9 Å². The highest BCUT2D eigenvalue weighted by molar-refractivity contribution is 9.10. The quantitative estimate of drug-likeness (QED) is 0.376. The number of hydrogen-bond donors (Lipinski definition) is 0. The van der Waals surface area contributed by atoms with E-state index in [4.69, 9.17) is 4.74 Å². The van der Waals surface area contributed by atoms with E-state index in [1.165, 1.54) is 24.1 Å². The Balaban J connectivity index is 0.00000155. The van der Waals surface area contributed by atoms with Gasteiger partial charge in [-0.3, -0.25) is 3.97 Å². The Morgan fingerprint density at radius 2 is 1.90 bits per heavy atom. The average molecular weight is 495 g/mol. The summed E-state index contributed by atoms with van der Waals surface area (Å²) < 4.78 is 21.9. The van der Waals surface area contributed by atoms with Crippen LogP contribution in [0.1, 0.15) is 40.2 Å². The van der Waals surface area contributed by atoms with E-state index in [-0.39, 0.29) is 11.9 Å². The normalized spacial score (nSPS) is 11.1. The molecule has 0 aliphatic carbocycles. The predicted octanol–water partition coefficient (Wildman–Crippen LogP) is 7.49. The van der Waals surface area contributed by atoms with Gasteiger partial charge in [0.05, 0.1) is 12.1 Å². The van der Waals surface area contributed by atoms with E-state index in [9.17, 15) is 9.18 Å². The maximum Gasteiger partial charge on any atom is 0.410 e. The molecule has 0 N–H and O–H groups in total. The lowest BCUT2D eigenvalue weighted by molar-refractivity contribution is 0.0286. The lowest BCUT2D eigenvalue weighted by Crippen LogP contribution is -2.33. The average Bonchev–Trinajstić information content (AvgIpc) is 2.98. The molecule has 3 aromatic rings. The van der Waals surface area contributed by atoms with Crippen molar-refractivity contribution in [2.45, 2.75) is 51.7 Å².